The van der Waals surface area contributed by atoms with Crippen LogP contribution in [0.4, 0.5) is 4.39 Å². The molecular weight excluding hydrogens is 259 g/mol. The molecule has 0 aliphatic carbocycles. The Morgan fingerprint density at radius 2 is 1.89 bits per heavy atom. The highest BCUT2D eigenvalue weighted by Crippen LogP contribution is 2.15. The fraction of sp³-hybridized carbons (Fsp3) is 0.500. The van der Waals surface area contributed by atoms with Crippen molar-refractivity contribution in [3.63, 3.8) is 0 Å². The summed E-state index contributed by atoms with van der Waals surface area (Å²) in [6.45, 7) is 1.22. The lowest BCUT2D eigenvalue weighted by Crippen LogP contribution is -2.12. The molecular formula is C12H17FO4S. The van der Waals surface area contributed by atoms with E-state index in [4.69, 9.17) is 9.47 Å². The quantitative estimate of drug-likeness (QED) is 0.678. The molecule has 0 saturated carbocycles. The normalized spacial score (nSPS) is 11.7. The summed E-state index contributed by atoms with van der Waals surface area (Å²) in [5.74, 6) is -0.834. The van der Waals surface area contributed by atoms with Crippen LogP contribution in [0.2, 0.25) is 0 Å². The van der Waals surface area contributed by atoms with E-state index >= 15 is 0 Å². The van der Waals surface area contributed by atoms with Crippen LogP contribution in [0.1, 0.15) is 6.42 Å². The largest absolute Gasteiger partial charge is 0.382 e. The molecule has 0 heterocycles. The molecule has 0 bridgehead atoms. The van der Waals surface area contributed by atoms with Crippen LogP contribution < -0.4 is 0 Å². The topological polar surface area (TPSA) is 52.6 Å². The second-order valence-electron chi connectivity index (χ2n) is 3.71. The molecule has 0 amide bonds. The Hall–Kier alpha value is -0.980. The predicted octanol–water partition coefficient (Wildman–Crippen LogP) is 1.65. The molecule has 1 aromatic rings. The van der Waals surface area contributed by atoms with Gasteiger partial charge in [-0.25, -0.2) is 12.8 Å². The summed E-state index contributed by atoms with van der Waals surface area (Å²) < 4.78 is 46.9. The maximum atomic E-state index is 13.3. The van der Waals surface area contributed by atoms with E-state index in [1.54, 1.807) is 7.11 Å². The summed E-state index contributed by atoms with van der Waals surface area (Å²) in [5.41, 5.74) is 0. The lowest BCUT2D eigenvalue weighted by molar-refractivity contribution is 0.0712. The standard InChI is InChI=1S/C12H17FO4S/c1-16-8-9-17-7-4-10-18(14,15)12-6-3-2-5-11(12)13/h2-3,5-6H,4,7-10H2,1H3. The van der Waals surface area contributed by atoms with Crippen LogP contribution in [0.5, 0.6) is 0 Å². The molecule has 18 heavy (non-hydrogen) atoms. The number of methoxy groups -OCH3 is 1. The van der Waals surface area contributed by atoms with Crippen molar-refractivity contribution in [2.24, 2.45) is 0 Å². The molecule has 1 aromatic carbocycles. The molecule has 0 aromatic heterocycles. The number of hydrogen-bond acceptors (Lipinski definition) is 4. The predicted molar refractivity (Wildman–Crippen MR) is 65.8 cm³/mol. The van der Waals surface area contributed by atoms with Crippen LogP contribution in [0.25, 0.3) is 0 Å². The summed E-state index contributed by atoms with van der Waals surface area (Å²) in [6.07, 6.45) is 0.334. The van der Waals surface area contributed by atoms with Gasteiger partial charge in [-0.3, -0.25) is 0 Å². The Kier molecular flexibility index (Phi) is 6.24. The lowest BCUT2D eigenvalue weighted by atomic mass is 10.3. The third-order valence-electron chi connectivity index (χ3n) is 2.31. The molecule has 102 valence electrons. The molecule has 0 fully saturated rings. The molecule has 0 aliphatic rings. The van der Waals surface area contributed by atoms with Crippen molar-refractivity contribution in [1.29, 1.82) is 0 Å². The van der Waals surface area contributed by atoms with Gasteiger partial charge in [-0.1, -0.05) is 12.1 Å². The number of halogens is 1. The minimum absolute atomic E-state index is 0.124. The molecule has 0 radical (unpaired) electrons. The highest BCUT2D eigenvalue weighted by Gasteiger charge is 2.17. The maximum absolute atomic E-state index is 13.3. The van der Waals surface area contributed by atoms with Crippen LogP contribution in [0.15, 0.2) is 29.2 Å². The Bertz CT molecular complexity index is 459. The number of hydrogen-bond donors (Lipinski definition) is 0. The molecule has 0 atom stereocenters. The monoisotopic (exact) mass is 276 g/mol. The van der Waals surface area contributed by atoms with E-state index in [2.05, 4.69) is 0 Å². The van der Waals surface area contributed by atoms with Crippen LogP contribution in [0, 0.1) is 5.82 Å². The average molecular weight is 276 g/mol. The van der Waals surface area contributed by atoms with E-state index in [1.807, 2.05) is 0 Å². The van der Waals surface area contributed by atoms with Crippen molar-refractivity contribution >= 4 is 9.84 Å². The lowest BCUT2D eigenvalue weighted by Gasteiger charge is -2.06. The first-order valence-electron chi connectivity index (χ1n) is 5.62. The fourth-order valence-electron chi connectivity index (χ4n) is 1.40. The zero-order chi connectivity index (χ0) is 13.4. The minimum atomic E-state index is -3.57. The molecule has 6 heteroatoms. The third-order valence-corrected chi connectivity index (χ3v) is 4.13. The second kappa shape index (κ2) is 7.45. The summed E-state index contributed by atoms with van der Waals surface area (Å²) in [6, 6.07) is 5.38. The SMILES string of the molecule is COCCOCCCS(=O)(=O)c1ccccc1F. The van der Waals surface area contributed by atoms with Crippen molar-refractivity contribution in [3.8, 4) is 0 Å². The molecule has 0 saturated heterocycles. The van der Waals surface area contributed by atoms with Crippen LogP contribution in [-0.2, 0) is 19.3 Å². The first-order chi connectivity index (χ1) is 8.58. The first-order valence-corrected chi connectivity index (χ1v) is 7.27. The van der Waals surface area contributed by atoms with Crippen molar-refractivity contribution in [1.82, 2.24) is 0 Å². The van der Waals surface area contributed by atoms with E-state index in [0.29, 0.717) is 26.2 Å². The maximum Gasteiger partial charge on any atom is 0.181 e. The Morgan fingerprint density at radius 1 is 1.17 bits per heavy atom. The summed E-state index contributed by atoms with van der Waals surface area (Å²) >= 11 is 0. The molecule has 0 spiro atoms. The van der Waals surface area contributed by atoms with E-state index in [9.17, 15) is 12.8 Å². The Morgan fingerprint density at radius 3 is 2.56 bits per heavy atom. The summed E-state index contributed by atoms with van der Waals surface area (Å²) in [5, 5.41) is 0. The minimum Gasteiger partial charge on any atom is -0.382 e. The van der Waals surface area contributed by atoms with Gasteiger partial charge in [0.05, 0.1) is 19.0 Å². The van der Waals surface area contributed by atoms with Gasteiger partial charge in [0.25, 0.3) is 0 Å². The Labute approximate surface area is 107 Å². The smallest absolute Gasteiger partial charge is 0.181 e. The van der Waals surface area contributed by atoms with E-state index in [1.165, 1.54) is 18.2 Å². The van der Waals surface area contributed by atoms with E-state index in [-0.39, 0.29) is 10.6 Å². The van der Waals surface area contributed by atoms with Gasteiger partial charge in [0.2, 0.25) is 0 Å². The van der Waals surface area contributed by atoms with Crippen LogP contribution >= 0.6 is 0 Å². The van der Waals surface area contributed by atoms with Gasteiger partial charge in [0.1, 0.15) is 10.7 Å². The number of rotatable bonds is 8. The van der Waals surface area contributed by atoms with E-state index < -0.39 is 15.7 Å². The summed E-state index contributed by atoms with van der Waals surface area (Å²) in [7, 11) is -2.01. The van der Waals surface area contributed by atoms with Crippen molar-refractivity contribution in [2.45, 2.75) is 11.3 Å². The highest BCUT2D eigenvalue weighted by atomic mass is 32.2. The zero-order valence-electron chi connectivity index (χ0n) is 10.3. The molecule has 0 unspecified atom stereocenters. The van der Waals surface area contributed by atoms with Gasteiger partial charge in [0, 0.05) is 13.7 Å². The van der Waals surface area contributed by atoms with Gasteiger partial charge in [-0.2, -0.15) is 0 Å². The summed E-state index contributed by atoms with van der Waals surface area (Å²) in [4.78, 5) is -0.248. The van der Waals surface area contributed by atoms with Gasteiger partial charge >= 0.3 is 0 Å². The van der Waals surface area contributed by atoms with Crippen molar-refractivity contribution < 1.29 is 22.3 Å². The fourth-order valence-corrected chi connectivity index (χ4v) is 2.77. The number of ether oxygens (including phenoxy) is 2. The molecule has 1 rings (SSSR count). The van der Waals surface area contributed by atoms with Crippen molar-refractivity contribution in [3.05, 3.63) is 30.1 Å². The molecule has 0 aliphatic heterocycles. The first kappa shape index (κ1) is 15.1. The Balaban J connectivity index is 2.44. The van der Waals surface area contributed by atoms with Gasteiger partial charge < -0.3 is 9.47 Å². The van der Waals surface area contributed by atoms with Gasteiger partial charge in [-0.05, 0) is 18.6 Å². The number of sulfone groups is 1. The van der Waals surface area contributed by atoms with Gasteiger partial charge in [-0.15, -0.1) is 0 Å². The zero-order valence-corrected chi connectivity index (χ0v) is 11.1. The molecule has 0 N–H and O–H groups in total. The average Bonchev–Trinajstić information content (AvgIpc) is 2.34. The van der Waals surface area contributed by atoms with Gasteiger partial charge in [0.15, 0.2) is 9.84 Å². The molecule has 4 nitrogen and oxygen atoms in total. The van der Waals surface area contributed by atoms with Crippen LogP contribution in [0.3, 0.4) is 0 Å². The van der Waals surface area contributed by atoms with Crippen molar-refractivity contribution in [2.75, 3.05) is 32.7 Å². The highest BCUT2D eigenvalue weighted by molar-refractivity contribution is 7.91. The number of benzene rings is 1. The van der Waals surface area contributed by atoms with E-state index in [0.717, 1.165) is 6.07 Å². The van der Waals surface area contributed by atoms with Crippen LogP contribution in [-0.4, -0.2) is 41.1 Å². The third kappa shape index (κ3) is 4.72. The second-order valence-corrected chi connectivity index (χ2v) is 5.79.